The Kier molecular flexibility index (Phi) is 4.47. The smallest absolute Gasteiger partial charge is 0.273 e. The normalized spacial score (nSPS) is 15.0. The molecule has 1 aromatic carbocycles. The maximum atomic E-state index is 12.2. The van der Waals surface area contributed by atoms with Crippen LogP contribution >= 0.6 is 0 Å². The summed E-state index contributed by atoms with van der Waals surface area (Å²) in [7, 11) is 3.24. The van der Waals surface area contributed by atoms with E-state index in [4.69, 9.17) is 14.2 Å². The van der Waals surface area contributed by atoms with Gasteiger partial charge in [-0.2, -0.15) is 0 Å². The second-order valence-electron chi connectivity index (χ2n) is 7.18. The Labute approximate surface area is 163 Å². The van der Waals surface area contributed by atoms with Crippen molar-refractivity contribution in [2.75, 3.05) is 14.2 Å². The first-order valence-corrected chi connectivity index (χ1v) is 9.10. The topological polar surface area (TPSA) is 74.6 Å². The number of carbonyl (C=O) groups is 1. The molecule has 2 aromatic heterocycles. The minimum atomic E-state index is -0.813. The first kappa shape index (κ1) is 18.3. The molecule has 1 aliphatic heterocycles. The van der Waals surface area contributed by atoms with E-state index in [0.717, 1.165) is 27.8 Å². The van der Waals surface area contributed by atoms with Crippen LogP contribution in [0.25, 0.3) is 10.9 Å². The number of carbonyl (C=O) groups excluding carboxylic acids is 1. The maximum Gasteiger partial charge on any atom is 0.273 e. The molecule has 0 radical (unpaired) electrons. The summed E-state index contributed by atoms with van der Waals surface area (Å²) in [6, 6.07) is 8.02. The highest BCUT2D eigenvalue weighted by Crippen LogP contribution is 2.36. The molecule has 0 fully saturated rings. The van der Waals surface area contributed by atoms with Crippen molar-refractivity contribution in [1.29, 1.82) is 0 Å². The summed E-state index contributed by atoms with van der Waals surface area (Å²) >= 11 is 0. The molecule has 1 aliphatic rings. The number of benzene rings is 1. The molecule has 28 heavy (non-hydrogen) atoms. The van der Waals surface area contributed by atoms with E-state index in [9.17, 15) is 4.79 Å². The highest BCUT2D eigenvalue weighted by atomic mass is 16.7. The van der Waals surface area contributed by atoms with Crippen LogP contribution in [-0.2, 0) is 17.9 Å². The SMILES string of the molecule is CNC(=O)c1ncc(Cn2ccc3cc(OC)ccc32)c2c1OC(C)(C)OC2. The fourth-order valence-electron chi connectivity index (χ4n) is 3.40. The third kappa shape index (κ3) is 3.18. The summed E-state index contributed by atoms with van der Waals surface area (Å²) in [6.45, 7) is 4.59. The Balaban J connectivity index is 1.76. The molecule has 0 spiro atoms. The van der Waals surface area contributed by atoms with Crippen LogP contribution in [0.2, 0.25) is 0 Å². The molecule has 0 bridgehead atoms. The molecule has 0 unspecified atom stereocenters. The van der Waals surface area contributed by atoms with Crippen LogP contribution < -0.4 is 14.8 Å². The van der Waals surface area contributed by atoms with Gasteiger partial charge >= 0.3 is 0 Å². The quantitative estimate of drug-likeness (QED) is 0.752. The number of pyridine rings is 1. The first-order valence-electron chi connectivity index (χ1n) is 9.10. The first-order chi connectivity index (χ1) is 13.4. The van der Waals surface area contributed by atoms with Gasteiger partial charge in [0.05, 0.1) is 13.7 Å². The van der Waals surface area contributed by atoms with Crippen LogP contribution in [0.1, 0.15) is 35.5 Å². The molecule has 0 aliphatic carbocycles. The summed E-state index contributed by atoms with van der Waals surface area (Å²) in [4.78, 5) is 16.6. The molecule has 146 valence electrons. The molecular formula is C21H23N3O4. The van der Waals surface area contributed by atoms with Crippen molar-refractivity contribution >= 4 is 16.8 Å². The number of fused-ring (bicyclic) bond motifs is 2. The van der Waals surface area contributed by atoms with Crippen molar-refractivity contribution in [2.24, 2.45) is 0 Å². The second kappa shape index (κ2) is 6.83. The average Bonchev–Trinajstić information content (AvgIpc) is 3.08. The van der Waals surface area contributed by atoms with Gasteiger partial charge in [-0.15, -0.1) is 0 Å². The van der Waals surface area contributed by atoms with Crippen LogP contribution in [0.15, 0.2) is 36.7 Å². The van der Waals surface area contributed by atoms with E-state index in [1.807, 2.05) is 44.3 Å². The van der Waals surface area contributed by atoms with Gasteiger partial charge in [0.15, 0.2) is 11.4 Å². The Hall–Kier alpha value is -3.06. The van der Waals surface area contributed by atoms with E-state index in [1.165, 1.54) is 0 Å². The molecule has 7 heteroatoms. The molecule has 4 rings (SSSR count). The maximum absolute atomic E-state index is 12.2. The largest absolute Gasteiger partial charge is 0.497 e. The standard InChI is InChI=1S/C21H23N3O4/c1-21(2)27-12-16-14(10-23-18(19(16)28-21)20(25)22-3)11-24-8-7-13-9-15(26-4)5-6-17(13)24/h5-10H,11-12H2,1-4H3,(H,22,25). The third-order valence-corrected chi connectivity index (χ3v) is 4.90. The Morgan fingerprint density at radius 2 is 2.18 bits per heavy atom. The number of hydrogen-bond donors (Lipinski definition) is 1. The van der Waals surface area contributed by atoms with Gasteiger partial charge in [0.2, 0.25) is 5.79 Å². The number of aromatic nitrogens is 2. The van der Waals surface area contributed by atoms with Gasteiger partial charge in [-0.1, -0.05) is 0 Å². The minimum absolute atomic E-state index is 0.278. The predicted octanol–water partition coefficient (Wildman–Crippen LogP) is 3.10. The van der Waals surface area contributed by atoms with Crippen LogP contribution in [0.5, 0.6) is 11.5 Å². The van der Waals surface area contributed by atoms with Crippen molar-refractivity contribution in [2.45, 2.75) is 32.8 Å². The predicted molar refractivity (Wildman–Crippen MR) is 105 cm³/mol. The molecule has 3 aromatic rings. The lowest BCUT2D eigenvalue weighted by Crippen LogP contribution is -2.37. The number of rotatable bonds is 4. The van der Waals surface area contributed by atoms with E-state index >= 15 is 0 Å². The molecule has 1 amide bonds. The number of nitrogens with one attached hydrogen (secondary N) is 1. The lowest BCUT2D eigenvalue weighted by atomic mass is 10.1. The number of methoxy groups -OCH3 is 1. The summed E-state index contributed by atoms with van der Waals surface area (Å²) in [5.41, 5.74) is 3.16. The van der Waals surface area contributed by atoms with E-state index in [1.54, 1.807) is 20.4 Å². The van der Waals surface area contributed by atoms with E-state index in [-0.39, 0.29) is 11.6 Å². The van der Waals surface area contributed by atoms with Crippen LogP contribution in [0.3, 0.4) is 0 Å². The molecule has 0 saturated heterocycles. The zero-order chi connectivity index (χ0) is 19.9. The van der Waals surface area contributed by atoms with Gasteiger partial charge in [-0.05, 0) is 29.8 Å². The molecular weight excluding hydrogens is 358 g/mol. The average molecular weight is 381 g/mol. The molecule has 3 heterocycles. The summed E-state index contributed by atoms with van der Waals surface area (Å²) in [5.74, 6) is 0.223. The fraction of sp³-hybridized carbons (Fsp3) is 0.333. The lowest BCUT2D eigenvalue weighted by molar-refractivity contribution is -0.180. The van der Waals surface area contributed by atoms with Crippen molar-refractivity contribution in [1.82, 2.24) is 14.9 Å². The highest BCUT2D eigenvalue weighted by molar-refractivity contribution is 5.95. The summed E-state index contributed by atoms with van der Waals surface area (Å²) in [5, 5.41) is 3.71. The van der Waals surface area contributed by atoms with Gasteiger partial charge in [-0.25, -0.2) is 4.98 Å². The lowest BCUT2D eigenvalue weighted by Gasteiger charge is -2.34. The monoisotopic (exact) mass is 381 g/mol. The summed E-state index contributed by atoms with van der Waals surface area (Å²) in [6.07, 6.45) is 3.75. The third-order valence-electron chi connectivity index (χ3n) is 4.90. The van der Waals surface area contributed by atoms with Crippen molar-refractivity contribution in [3.63, 3.8) is 0 Å². The molecule has 0 saturated carbocycles. The van der Waals surface area contributed by atoms with E-state index < -0.39 is 5.79 Å². The second-order valence-corrected chi connectivity index (χ2v) is 7.18. The van der Waals surface area contributed by atoms with Crippen LogP contribution in [0, 0.1) is 0 Å². The number of nitrogens with zero attached hydrogens (tertiary/aromatic N) is 2. The molecule has 0 atom stereocenters. The van der Waals surface area contributed by atoms with Crippen molar-refractivity contribution < 1.29 is 19.0 Å². The molecule has 7 nitrogen and oxygen atoms in total. The van der Waals surface area contributed by atoms with Crippen LogP contribution in [-0.4, -0.2) is 35.4 Å². The van der Waals surface area contributed by atoms with E-state index in [0.29, 0.717) is 18.9 Å². The van der Waals surface area contributed by atoms with Gasteiger partial charge in [0, 0.05) is 56.3 Å². The molecule has 1 N–H and O–H groups in total. The Morgan fingerprint density at radius 1 is 1.36 bits per heavy atom. The zero-order valence-corrected chi connectivity index (χ0v) is 16.4. The Bertz CT molecular complexity index is 1060. The fourth-order valence-corrected chi connectivity index (χ4v) is 3.40. The zero-order valence-electron chi connectivity index (χ0n) is 16.4. The van der Waals surface area contributed by atoms with Gasteiger partial charge in [-0.3, -0.25) is 4.79 Å². The summed E-state index contributed by atoms with van der Waals surface area (Å²) < 4.78 is 19.2. The van der Waals surface area contributed by atoms with Gasteiger partial charge in [0.1, 0.15) is 5.75 Å². The number of hydrogen-bond acceptors (Lipinski definition) is 5. The number of amides is 1. The highest BCUT2D eigenvalue weighted by Gasteiger charge is 2.33. The van der Waals surface area contributed by atoms with Crippen LogP contribution in [0.4, 0.5) is 0 Å². The van der Waals surface area contributed by atoms with Crippen molar-refractivity contribution in [3.8, 4) is 11.5 Å². The van der Waals surface area contributed by atoms with E-state index in [2.05, 4.69) is 14.9 Å². The van der Waals surface area contributed by atoms with Crippen molar-refractivity contribution in [3.05, 3.63) is 53.5 Å². The Morgan fingerprint density at radius 3 is 2.93 bits per heavy atom. The number of ether oxygens (including phenoxy) is 3. The van der Waals surface area contributed by atoms with Gasteiger partial charge in [0.25, 0.3) is 5.91 Å². The minimum Gasteiger partial charge on any atom is -0.497 e. The van der Waals surface area contributed by atoms with Gasteiger partial charge < -0.3 is 24.1 Å².